The van der Waals surface area contributed by atoms with Gasteiger partial charge in [0.15, 0.2) is 23.0 Å². The molecular weight excluding hydrogens is 850 g/mol. The number of ether oxygens (including phenoxy) is 4. The number of hydrogen-bond donors (Lipinski definition) is 0. The Bertz CT molecular complexity index is 2050. The molecule has 284 valence electrons. The summed E-state index contributed by atoms with van der Waals surface area (Å²) in [4.78, 5) is 0. The van der Waals surface area contributed by atoms with E-state index in [1.807, 2.05) is 0 Å². The van der Waals surface area contributed by atoms with E-state index in [1.165, 1.54) is 76.3 Å². The van der Waals surface area contributed by atoms with Crippen LogP contribution in [0.5, 0.6) is 23.0 Å². The largest absolute Gasteiger partial charge is 2.00 e. The molecule has 0 N–H and O–H groups in total. The van der Waals surface area contributed by atoms with Gasteiger partial charge in [0.2, 0.25) is 13.6 Å². The maximum Gasteiger partial charge on any atom is 2.00 e. The molecule has 0 aliphatic carbocycles. The van der Waals surface area contributed by atoms with Crippen LogP contribution < -0.4 is 75.6 Å². The number of benzene rings is 6. The molecule has 0 amide bonds. The molecule has 0 unspecified atom stereocenters. The van der Waals surface area contributed by atoms with Gasteiger partial charge < -0.3 is 43.8 Å². The molecule has 6 aromatic carbocycles. The first-order valence-electron chi connectivity index (χ1n) is 17.8. The molecule has 0 aromatic heterocycles. The van der Waals surface area contributed by atoms with Crippen molar-refractivity contribution >= 4 is 47.7 Å². The Morgan fingerprint density at radius 3 is 0.873 bits per heavy atom. The molecule has 8 rings (SSSR count). The van der Waals surface area contributed by atoms with Crippen LogP contribution in [0, 0.1) is 55.4 Å². The summed E-state index contributed by atoms with van der Waals surface area (Å²) in [6, 6.07) is 36.7. The van der Waals surface area contributed by atoms with Gasteiger partial charge in [0.05, 0.1) is 0 Å². The van der Waals surface area contributed by atoms with Crippen molar-refractivity contribution in [1.82, 2.24) is 0 Å². The third-order valence-electron chi connectivity index (χ3n) is 9.62. The maximum absolute atomic E-state index is 6.52. The number of halogens is 2. The Labute approximate surface area is 353 Å². The first-order chi connectivity index (χ1) is 25.0. The van der Waals surface area contributed by atoms with Crippen LogP contribution in [0.4, 0.5) is 0 Å². The molecule has 4 nitrogen and oxygen atoms in total. The van der Waals surface area contributed by atoms with E-state index in [9.17, 15) is 0 Å². The van der Waals surface area contributed by atoms with Crippen molar-refractivity contribution < 1.29 is 63.2 Å². The molecule has 0 atom stereocenters. The van der Waals surface area contributed by atoms with Crippen LogP contribution >= 0.6 is 15.8 Å². The monoisotopic (exact) mass is 894 g/mol. The van der Waals surface area contributed by atoms with Crippen LogP contribution in [0.1, 0.15) is 44.5 Å². The van der Waals surface area contributed by atoms with E-state index >= 15 is 0 Å². The fraction of sp³-hybridized carbons (Fsp3) is 0.217. The SMILES string of the molecule is Cc1cc(C)cc(P(c2cc(C)cc(C)c2)c2ccc3c(c2-c2c(P(c4cc(C)cc(C)c4)c4cc(C)cc(C)c4)ccc4c2OCO4)OCO3)c1.[Cl-].[Cl-].[Ru+2]. The molecular formula is C46H44Cl2O4P2Ru. The van der Waals surface area contributed by atoms with Gasteiger partial charge in [-0.1, -0.05) is 117 Å². The molecule has 0 radical (unpaired) electrons. The minimum absolute atomic E-state index is 0. The van der Waals surface area contributed by atoms with Gasteiger partial charge in [-0.2, -0.15) is 0 Å². The molecule has 55 heavy (non-hydrogen) atoms. The van der Waals surface area contributed by atoms with Gasteiger partial charge in [-0.15, -0.1) is 0 Å². The zero-order valence-corrected chi connectivity index (χ0v) is 37.3. The predicted octanol–water partition coefficient (Wildman–Crippen LogP) is 2.80. The summed E-state index contributed by atoms with van der Waals surface area (Å²) in [5.41, 5.74) is 12.1. The summed E-state index contributed by atoms with van der Waals surface area (Å²) in [5.74, 6) is 3.03. The molecule has 0 bridgehead atoms. The van der Waals surface area contributed by atoms with Gasteiger partial charge in [0.25, 0.3) is 0 Å². The average molecular weight is 895 g/mol. The van der Waals surface area contributed by atoms with Crippen molar-refractivity contribution in [3.8, 4) is 34.1 Å². The summed E-state index contributed by atoms with van der Waals surface area (Å²) in [6.07, 6.45) is 0. The maximum atomic E-state index is 6.52. The molecule has 2 aliphatic rings. The van der Waals surface area contributed by atoms with E-state index in [1.54, 1.807) is 0 Å². The zero-order chi connectivity index (χ0) is 36.3. The minimum Gasteiger partial charge on any atom is -1.00 e. The third kappa shape index (κ3) is 8.49. The van der Waals surface area contributed by atoms with Crippen LogP contribution in [0.2, 0.25) is 0 Å². The second kappa shape index (κ2) is 17.4. The van der Waals surface area contributed by atoms with Gasteiger partial charge in [0, 0.05) is 11.1 Å². The van der Waals surface area contributed by atoms with Crippen LogP contribution in [0.15, 0.2) is 97.1 Å². The fourth-order valence-electron chi connectivity index (χ4n) is 7.95. The van der Waals surface area contributed by atoms with Crippen molar-refractivity contribution in [3.63, 3.8) is 0 Å². The van der Waals surface area contributed by atoms with Gasteiger partial charge >= 0.3 is 19.5 Å². The number of fused-ring (bicyclic) bond motifs is 2. The second-order valence-electron chi connectivity index (χ2n) is 14.4. The van der Waals surface area contributed by atoms with E-state index < -0.39 is 15.8 Å². The molecule has 9 heteroatoms. The van der Waals surface area contributed by atoms with Crippen molar-refractivity contribution in [1.29, 1.82) is 0 Å². The molecule has 0 fully saturated rings. The van der Waals surface area contributed by atoms with Gasteiger partial charge in [-0.05, 0) is 127 Å². The van der Waals surface area contributed by atoms with Gasteiger partial charge in [0.1, 0.15) is 0 Å². The summed E-state index contributed by atoms with van der Waals surface area (Å²) in [5, 5.41) is 7.61. The Morgan fingerprint density at radius 2 is 0.618 bits per heavy atom. The van der Waals surface area contributed by atoms with E-state index in [0.29, 0.717) is 0 Å². The van der Waals surface area contributed by atoms with Gasteiger partial charge in [-0.3, -0.25) is 0 Å². The average Bonchev–Trinajstić information content (AvgIpc) is 3.74. The summed E-state index contributed by atoms with van der Waals surface area (Å²) < 4.78 is 25.4. The Hall–Kier alpha value is -3.42. The zero-order valence-electron chi connectivity index (χ0n) is 32.3. The number of hydrogen-bond acceptors (Lipinski definition) is 4. The normalized spacial score (nSPS) is 12.3. The third-order valence-corrected chi connectivity index (χ3v) is 14.4. The molecule has 2 heterocycles. The van der Waals surface area contributed by atoms with Gasteiger partial charge in [-0.25, -0.2) is 0 Å². The Morgan fingerprint density at radius 1 is 0.364 bits per heavy atom. The standard InChI is InChI=1S/C46H44O4P2.2ClH.Ru/c1-27-13-28(2)18-35(17-27)51(36-19-29(3)14-30(4)20-36)41-11-9-39-45(49-25-47-39)43(41)44-42(12-10-40-46(44)50-26-48-40)52(37-21-31(5)15-32(6)22-37)38-23-33(7)16-34(8)24-38;;;/h9-24H,25-26H2,1-8H3;2*1H;/q;;;+2/p-2. The predicted molar refractivity (Wildman–Crippen MR) is 219 cm³/mol. The topological polar surface area (TPSA) is 36.9 Å². The second-order valence-corrected chi connectivity index (χ2v) is 18.8. The van der Waals surface area contributed by atoms with Crippen molar-refractivity contribution in [2.45, 2.75) is 55.4 Å². The van der Waals surface area contributed by atoms with Crippen LogP contribution in [0.25, 0.3) is 11.1 Å². The van der Waals surface area contributed by atoms with Crippen LogP contribution in [-0.4, -0.2) is 13.6 Å². The first kappa shape index (κ1) is 42.7. The van der Waals surface area contributed by atoms with E-state index in [-0.39, 0.29) is 57.9 Å². The van der Waals surface area contributed by atoms with E-state index in [2.05, 4.69) is 152 Å². The number of aryl methyl sites for hydroxylation is 8. The molecule has 6 aromatic rings. The van der Waals surface area contributed by atoms with Crippen LogP contribution in [-0.2, 0) is 19.5 Å². The summed E-state index contributed by atoms with van der Waals surface area (Å²) in [7, 11) is -2.11. The molecule has 0 spiro atoms. The smallest absolute Gasteiger partial charge is 1.00 e. The number of rotatable bonds is 7. The Kier molecular flexibility index (Phi) is 13.5. The van der Waals surface area contributed by atoms with Crippen LogP contribution in [0.3, 0.4) is 0 Å². The first-order valence-corrected chi connectivity index (χ1v) is 20.5. The molecule has 2 aliphatic heterocycles. The van der Waals surface area contributed by atoms with E-state index in [4.69, 9.17) is 18.9 Å². The minimum atomic E-state index is -1.05. The summed E-state index contributed by atoms with van der Waals surface area (Å²) in [6.45, 7) is 17.9. The fourth-order valence-corrected chi connectivity index (χ4v) is 13.6. The van der Waals surface area contributed by atoms with Crippen molar-refractivity contribution in [2.24, 2.45) is 0 Å². The molecule has 0 saturated heterocycles. The van der Waals surface area contributed by atoms with E-state index in [0.717, 1.165) is 34.1 Å². The summed E-state index contributed by atoms with van der Waals surface area (Å²) >= 11 is 0. The quantitative estimate of drug-likeness (QED) is 0.183. The van der Waals surface area contributed by atoms with Crippen molar-refractivity contribution in [2.75, 3.05) is 13.6 Å². The molecule has 0 saturated carbocycles. The Balaban J connectivity index is 0.00000193. The van der Waals surface area contributed by atoms with Crippen molar-refractivity contribution in [3.05, 3.63) is 142 Å².